The molecule has 0 fully saturated rings. The largest absolute Gasteiger partial charge is 0.347 e. The predicted octanol–water partition coefficient (Wildman–Crippen LogP) is 4.22. The molecule has 27 heavy (non-hydrogen) atoms. The minimum Gasteiger partial charge on any atom is -0.347 e. The van der Waals surface area contributed by atoms with Crippen LogP contribution < -0.4 is 5.32 Å². The van der Waals surface area contributed by atoms with Crippen molar-refractivity contribution in [3.8, 4) is 11.4 Å². The summed E-state index contributed by atoms with van der Waals surface area (Å²) in [5.74, 6) is 1.74. The van der Waals surface area contributed by atoms with E-state index < -0.39 is 0 Å². The summed E-state index contributed by atoms with van der Waals surface area (Å²) in [6.45, 7) is 1.14. The maximum Gasteiger partial charge on any atom is 0.246 e. The first kappa shape index (κ1) is 21.2. The first-order valence-corrected chi connectivity index (χ1v) is 8.58. The van der Waals surface area contributed by atoms with Crippen molar-refractivity contribution in [1.29, 1.82) is 0 Å². The van der Waals surface area contributed by atoms with Crippen molar-refractivity contribution in [1.82, 2.24) is 20.4 Å². The van der Waals surface area contributed by atoms with Gasteiger partial charge in [0.15, 0.2) is 5.96 Å². The molecular formula is C19H21ClIN5O. The summed E-state index contributed by atoms with van der Waals surface area (Å²) in [7, 11) is 3.72. The molecule has 1 N–H and O–H groups in total. The van der Waals surface area contributed by atoms with E-state index in [1.807, 2.05) is 42.3 Å². The molecule has 0 aliphatic carbocycles. The van der Waals surface area contributed by atoms with Gasteiger partial charge < -0.3 is 14.7 Å². The molecule has 0 aliphatic heterocycles. The molecule has 0 atom stereocenters. The molecule has 0 saturated heterocycles. The zero-order chi connectivity index (χ0) is 18.4. The highest BCUT2D eigenvalue weighted by atomic mass is 127. The zero-order valence-electron chi connectivity index (χ0n) is 15.1. The molecule has 0 spiro atoms. The van der Waals surface area contributed by atoms with Gasteiger partial charge in [0.2, 0.25) is 11.7 Å². The highest BCUT2D eigenvalue weighted by molar-refractivity contribution is 14.0. The summed E-state index contributed by atoms with van der Waals surface area (Å²) < 4.78 is 5.31. The molecule has 0 unspecified atom stereocenters. The lowest BCUT2D eigenvalue weighted by Gasteiger charge is -2.21. The Morgan fingerprint density at radius 3 is 2.67 bits per heavy atom. The maximum atomic E-state index is 6.00. The second kappa shape index (κ2) is 10.3. The van der Waals surface area contributed by atoms with Crippen molar-refractivity contribution in [3.63, 3.8) is 0 Å². The lowest BCUT2D eigenvalue weighted by molar-refractivity contribution is 0.371. The second-order valence-electron chi connectivity index (χ2n) is 5.76. The minimum atomic E-state index is 0. The Morgan fingerprint density at radius 2 is 1.96 bits per heavy atom. The fraction of sp³-hybridized carbons (Fsp3) is 0.211. The Balaban J connectivity index is 0.00000261. The van der Waals surface area contributed by atoms with E-state index in [9.17, 15) is 0 Å². The molecule has 142 valence electrons. The predicted molar refractivity (Wildman–Crippen MR) is 118 cm³/mol. The molecule has 0 aliphatic rings. The number of nitrogens with zero attached hydrogens (tertiary/aromatic N) is 4. The van der Waals surface area contributed by atoms with Gasteiger partial charge in [-0.2, -0.15) is 4.98 Å². The van der Waals surface area contributed by atoms with Crippen molar-refractivity contribution >= 4 is 41.5 Å². The van der Waals surface area contributed by atoms with E-state index in [1.54, 1.807) is 19.2 Å². The second-order valence-corrected chi connectivity index (χ2v) is 6.20. The Labute approximate surface area is 180 Å². The van der Waals surface area contributed by atoms with Gasteiger partial charge in [0.05, 0.1) is 6.54 Å². The van der Waals surface area contributed by atoms with Crippen molar-refractivity contribution in [2.45, 2.75) is 13.1 Å². The van der Waals surface area contributed by atoms with Gasteiger partial charge in [-0.15, -0.1) is 24.0 Å². The number of benzene rings is 2. The van der Waals surface area contributed by atoms with Crippen LogP contribution in [0.25, 0.3) is 11.4 Å². The molecule has 2 aromatic carbocycles. The molecule has 0 bridgehead atoms. The van der Waals surface area contributed by atoms with Crippen LogP contribution in [0.4, 0.5) is 0 Å². The van der Waals surface area contributed by atoms with E-state index in [0.717, 1.165) is 18.1 Å². The average Bonchev–Trinajstić information content (AvgIpc) is 3.12. The van der Waals surface area contributed by atoms with E-state index >= 15 is 0 Å². The van der Waals surface area contributed by atoms with E-state index in [-0.39, 0.29) is 24.0 Å². The summed E-state index contributed by atoms with van der Waals surface area (Å²) in [5.41, 5.74) is 2.03. The molecule has 6 nitrogen and oxygen atoms in total. The van der Waals surface area contributed by atoms with Crippen LogP contribution in [0.15, 0.2) is 64.1 Å². The zero-order valence-corrected chi connectivity index (χ0v) is 18.2. The van der Waals surface area contributed by atoms with Crippen LogP contribution in [0, 0.1) is 0 Å². The van der Waals surface area contributed by atoms with Gasteiger partial charge in [-0.05, 0) is 17.7 Å². The number of guanidine groups is 1. The lowest BCUT2D eigenvalue weighted by Crippen LogP contribution is -2.38. The fourth-order valence-electron chi connectivity index (χ4n) is 2.54. The normalized spacial score (nSPS) is 11.0. The summed E-state index contributed by atoms with van der Waals surface area (Å²) in [6, 6.07) is 17.6. The van der Waals surface area contributed by atoms with E-state index in [0.29, 0.717) is 23.3 Å². The standard InChI is InChI=1S/C19H20ClN5O.HI/c1-21-19(25(2)13-14-7-4-3-5-8-14)22-12-17-23-18(24-26-17)15-9-6-10-16(20)11-15;/h3-11H,12-13H2,1-2H3,(H,21,22);1H. The third-order valence-corrected chi connectivity index (χ3v) is 4.02. The topological polar surface area (TPSA) is 66.5 Å². The highest BCUT2D eigenvalue weighted by Gasteiger charge is 2.11. The Hall–Kier alpha value is -2.13. The van der Waals surface area contributed by atoms with Crippen molar-refractivity contribution in [2.24, 2.45) is 4.99 Å². The van der Waals surface area contributed by atoms with Crippen molar-refractivity contribution in [3.05, 3.63) is 71.1 Å². The third kappa shape index (κ3) is 5.93. The summed E-state index contributed by atoms with van der Waals surface area (Å²) in [5, 5.41) is 7.88. The fourth-order valence-corrected chi connectivity index (χ4v) is 2.73. The number of aromatic nitrogens is 2. The molecular weight excluding hydrogens is 477 g/mol. The van der Waals surface area contributed by atoms with Gasteiger partial charge in [0.1, 0.15) is 0 Å². The van der Waals surface area contributed by atoms with E-state index in [2.05, 4.69) is 32.6 Å². The average molecular weight is 498 g/mol. The van der Waals surface area contributed by atoms with Gasteiger partial charge in [0, 0.05) is 31.2 Å². The van der Waals surface area contributed by atoms with Crippen LogP contribution in [-0.2, 0) is 13.1 Å². The van der Waals surface area contributed by atoms with Crippen molar-refractivity contribution in [2.75, 3.05) is 14.1 Å². The molecule has 1 heterocycles. The summed E-state index contributed by atoms with van der Waals surface area (Å²) in [6.07, 6.45) is 0. The number of rotatable bonds is 5. The maximum absolute atomic E-state index is 6.00. The minimum absolute atomic E-state index is 0. The Kier molecular flexibility index (Phi) is 8.05. The number of aliphatic imine (C=N–C) groups is 1. The quantitative estimate of drug-likeness (QED) is 0.325. The van der Waals surface area contributed by atoms with Crippen LogP contribution >= 0.6 is 35.6 Å². The van der Waals surface area contributed by atoms with Gasteiger partial charge in [-0.1, -0.05) is 59.2 Å². The molecule has 1 aromatic heterocycles. The number of nitrogens with one attached hydrogen (secondary N) is 1. The van der Waals surface area contributed by atoms with Gasteiger partial charge in [-0.3, -0.25) is 4.99 Å². The van der Waals surface area contributed by atoms with Crippen LogP contribution in [0.2, 0.25) is 5.02 Å². The monoisotopic (exact) mass is 497 g/mol. The number of hydrogen-bond donors (Lipinski definition) is 1. The smallest absolute Gasteiger partial charge is 0.246 e. The first-order chi connectivity index (χ1) is 12.7. The molecule has 3 rings (SSSR count). The number of hydrogen-bond acceptors (Lipinski definition) is 4. The Morgan fingerprint density at radius 1 is 1.19 bits per heavy atom. The van der Waals surface area contributed by atoms with Crippen LogP contribution in [0.3, 0.4) is 0 Å². The van der Waals surface area contributed by atoms with Crippen molar-refractivity contribution < 1.29 is 4.52 Å². The van der Waals surface area contributed by atoms with E-state index in [4.69, 9.17) is 16.1 Å². The van der Waals surface area contributed by atoms with Crippen LogP contribution in [0.1, 0.15) is 11.5 Å². The number of halogens is 2. The SMILES string of the molecule is CN=C(NCc1nc(-c2cccc(Cl)c2)no1)N(C)Cc1ccccc1.I. The highest BCUT2D eigenvalue weighted by Crippen LogP contribution is 2.19. The molecule has 8 heteroatoms. The molecule has 0 radical (unpaired) electrons. The Bertz CT molecular complexity index is 885. The summed E-state index contributed by atoms with van der Waals surface area (Å²) >= 11 is 6.00. The van der Waals surface area contributed by atoms with Crippen LogP contribution in [0.5, 0.6) is 0 Å². The molecule has 3 aromatic rings. The summed E-state index contributed by atoms with van der Waals surface area (Å²) in [4.78, 5) is 10.7. The van der Waals surface area contributed by atoms with Gasteiger partial charge >= 0.3 is 0 Å². The first-order valence-electron chi connectivity index (χ1n) is 8.20. The van der Waals surface area contributed by atoms with Gasteiger partial charge in [0.25, 0.3) is 0 Å². The van der Waals surface area contributed by atoms with Gasteiger partial charge in [-0.25, -0.2) is 0 Å². The third-order valence-electron chi connectivity index (χ3n) is 3.78. The van der Waals surface area contributed by atoms with E-state index in [1.165, 1.54) is 5.56 Å². The lowest BCUT2D eigenvalue weighted by atomic mass is 10.2. The molecule has 0 amide bonds. The molecule has 0 saturated carbocycles. The van der Waals surface area contributed by atoms with Crippen LogP contribution in [-0.4, -0.2) is 35.1 Å².